The maximum absolute atomic E-state index is 12.0. The van der Waals surface area contributed by atoms with Gasteiger partial charge in [0.2, 0.25) is 0 Å². The normalized spacial score (nSPS) is 13.9. The zero-order valence-electron chi connectivity index (χ0n) is 8.58. The van der Waals surface area contributed by atoms with Crippen LogP contribution in [0.3, 0.4) is 0 Å². The van der Waals surface area contributed by atoms with Crippen LogP contribution in [0.1, 0.15) is 5.56 Å². The molecule has 1 aliphatic heterocycles. The Bertz CT molecular complexity index is 598. The van der Waals surface area contributed by atoms with Crippen molar-refractivity contribution in [1.29, 1.82) is 0 Å². The second-order valence-corrected chi connectivity index (χ2v) is 3.91. The van der Waals surface area contributed by atoms with Crippen LogP contribution in [0.15, 0.2) is 29.1 Å². The van der Waals surface area contributed by atoms with E-state index < -0.39 is 0 Å². The lowest BCUT2D eigenvalue weighted by Crippen LogP contribution is -2.20. The first-order valence-electron chi connectivity index (χ1n) is 5.13. The summed E-state index contributed by atoms with van der Waals surface area (Å²) in [6, 6.07) is 8.01. The van der Waals surface area contributed by atoms with Gasteiger partial charge >= 0.3 is 0 Å². The molecule has 0 saturated carbocycles. The zero-order chi connectivity index (χ0) is 10.4. The number of nitrogens with one attached hydrogen (secondary N) is 1. The lowest BCUT2D eigenvalue weighted by atomic mass is 10.1. The van der Waals surface area contributed by atoms with Crippen molar-refractivity contribution < 1.29 is 0 Å². The number of rotatable bonds is 0. The monoisotopic (exact) mass is 200 g/mol. The third-order valence-electron chi connectivity index (χ3n) is 3.08. The van der Waals surface area contributed by atoms with E-state index in [0.29, 0.717) is 0 Å². The topological polar surface area (TPSA) is 34.0 Å². The summed E-state index contributed by atoms with van der Waals surface area (Å²) in [5, 5.41) is 4.44. The summed E-state index contributed by atoms with van der Waals surface area (Å²) in [5.74, 6) is 0. The third-order valence-corrected chi connectivity index (χ3v) is 3.08. The van der Waals surface area contributed by atoms with Crippen LogP contribution in [0.5, 0.6) is 0 Å². The van der Waals surface area contributed by atoms with E-state index in [1.165, 1.54) is 0 Å². The van der Waals surface area contributed by atoms with Crippen LogP contribution in [0, 0.1) is 0 Å². The minimum absolute atomic E-state index is 0.133. The van der Waals surface area contributed by atoms with Gasteiger partial charge in [-0.3, -0.25) is 4.79 Å². The minimum atomic E-state index is 0.133. The van der Waals surface area contributed by atoms with Crippen molar-refractivity contribution in [3.63, 3.8) is 0 Å². The second-order valence-electron chi connectivity index (χ2n) is 3.91. The van der Waals surface area contributed by atoms with Gasteiger partial charge in [-0.25, -0.2) is 0 Å². The fourth-order valence-corrected chi connectivity index (χ4v) is 2.31. The number of benzene rings is 1. The Kier molecular flexibility index (Phi) is 1.63. The molecule has 1 aromatic heterocycles. The fraction of sp³-hybridized carbons (Fsp3) is 0.250. The van der Waals surface area contributed by atoms with Crippen LogP contribution < -0.4 is 10.9 Å². The molecule has 1 aromatic carbocycles. The molecule has 3 nitrogen and oxygen atoms in total. The van der Waals surface area contributed by atoms with E-state index >= 15 is 0 Å². The Labute approximate surface area is 87.3 Å². The molecule has 3 heteroatoms. The van der Waals surface area contributed by atoms with Gasteiger partial charge in [0.05, 0.1) is 11.2 Å². The van der Waals surface area contributed by atoms with Crippen molar-refractivity contribution in [2.45, 2.75) is 6.42 Å². The molecule has 0 unspecified atom stereocenters. The first-order valence-corrected chi connectivity index (χ1v) is 5.13. The number of nitrogens with zero attached hydrogens (tertiary/aromatic N) is 1. The molecule has 0 aliphatic carbocycles. The van der Waals surface area contributed by atoms with Crippen LogP contribution in [0.2, 0.25) is 0 Å². The maximum atomic E-state index is 12.0. The van der Waals surface area contributed by atoms with E-state index in [2.05, 4.69) is 11.4 Å². The molecule has 2 heterocycles. The van der Waals surface area contributed by atoms with E-state index in [9.17, 15) is 4.79 Å². The quantitative estimate of drug-likeness (QED) is 0.699. The number of hydrogen-bond donors (Lipinski definition) is 1. The van der Waals surface area contributed by atoms with E-state index in [4.69, 9.17) is 0 Å². The summed E-state index contributed by atoms with van der Waals surface area (Å²) in [6.45, 7) is 0.874. The van der Waals surface area contributed by atoms with E-state index in [1.807, 2.05) is 25.2 Å². The Morgan fingerprint density at radius 2 is 2.13 bits per heavy atom. The molecule has 0 amide bonds. The molecule has 0 saturated heterocycles. The van der Waals surface area contributed by atoms with Crippen molar-refractivity contribution in [2.75, 3.05) is 11.9 Å². The van der Waals surface area contributed by atoms with Gasteiger partial charge in [0, 0.05) is 24.5 Å². The number of hydrogen-bond acceptors (Lipinski definition) is 2. The van der Waals surface area contributed by atoms with E-state index in [-0.39, 0.29) is 5.56 Å². The van der Waals surface area contributed by atoms with Gasteiger partial charge in [-0.1, -0.05) is 18.2 Å². The third kappa shape index (κ3) is 1.03. The summed E-state index contributed by atoms with van der Waals surface area (Å²) in [4.78, 5) is 12.0. The SMILES string of the molecule is Cn1c(=O)c2c(c3ccccc31)NCC2. The second kappa shape index (κ2) is 2.86. The molecule has 0 fully saturated rings. The van der Waals surface area contributed by atoms with Gasteiger partial charge in [0.1, 0.15) is 0 Å². The first-order chi connectivity index (χ1) is 7.29. The molecule has 15 heavy (non-hydrogen) atoms. The largest absolute Gasteiger partial charge is 0.384 e. The lowest BCUT2D eigenvalue weighted by Gasteiger charge is -2.09. The molecule has 0 bridgehead atoms. The molecular formula is C12H12N2O. The van der Waals surface area contributed by atoms with Gasteiger partial charge in [0.15, 0.2) is 0 Å². The van der Waals surface area contributed by atoms with Gasteiger partial charge in [-0.15, -0.1) is 0 Å². The number of pyridine rings is 1. The van der Waals surface area contributed by atoms with Gasteiger partial charge < -0.3 is 9.88 Å². The van der Waals surface area contributed by atoms with Gasteiger partial charge in [0.25, 0.3) is 5.56 Å². The fourth-order valence-electron chi connectivity index (χ4n) is 2.31. The number of fused-ring (bicyclic) bond motifs is 3. The van der Waals surface area contributed by atoms with Crippen LogP contribution in [-0.4, -0.2) is 11.1 Å². The van der Waals surface area contributed by atoms with Crippen LogP contribution >= 0.6 is 0 Å². The molecule has 0 atom stereocenters. The molecule has 76 valence electrons. The molecule has 0 spiro atoms. The minimum Gasteiger partial charge on any atom is -0.384 e. The van der Waals surface area contributed by atoms with Crippen molar-refractivity contribution in [3.05, 3.63) is 40.2 Å². The van der Waals surface area contributed by atoms with Crippen molar-refractivity contribution in [2.24, 2.45) is 7.05 Å². The lowest BCUT2D eigenvalue weighted by molar-refractivity contribution is 0.885. The van der Waals surface area contributed by atoms with E-state index in [1.54, 1.807) is 4.57 Å². The maximum Gasteiger partial charge on any atom is 0.256 e. The Hall–Kier alpha value is -1.77. The Morgan fingerprint density at radius 3 is 3.00 bits per heavy atom. The molecule has 0 radical (unpaired) electrons. The Morgan fingerprint density at radius 1 is 1.33 bits per heavy atom. The highest BCUT2D eigenvalue weighted by atomic mass is 16.1. The number of para-hydroxylation sites is 1. The highest BCUT2D eigenvalue weighted by Gasteiger charge is 2.18. The summed E-state index contributed by atoms with van der Waals surface area (Å²) in [7, 11) is 1.84. The molecule has 1 N–H and O–H groups in total. The number of anilines is 1. The predicted molar refractivity (Wildman–Crippen MR) is 61.4 cm³/mol. The first kappa shape index (κ1) is 8.53. The average molecular weight is 200 g/mol. The highest BCUT2D eigenvalue weighted by molar-refractivity contribution is 5.94. The standard InChI is InChI=1S/C12H12N2O/c1-14-10-5-3-2-4-8(10)11-9(12(14)15)6-7-13-11/h2-5,13H,6-7H2,1H3. The van der Waals surface area contributed by atoms with Crippen molar-refractivity contribution >= 4 is 16.6 Å². The van der Waals surface area contributed by atoms with E-state index in [0.717, 1.165) is 35.1 Å². The summed E-state index contributed by atoms with van der Waals surface area (Å²) in [5.41, 5.74) is 3.09. The summed E-state index contributed by atoms with van der Waals surface area (Å²) < 4.78 is 1.74. The average Bonchev–Trinajstić information content (AvgIpc) is 2.75. The summed E-state index contributed by atoms with van der Waals surface area (Å²) in [6.07, 6.45) is 0.840. The highest BCUT2D eigenvalue weighted by Crippen LogP contribution is 2.28. The zero-order valence-corrected chi connectivity index (χ0v) is 8.58. The smallest absolute Gasteiger partial charge is 0.256 e. The Balaban J connectivity index is 2.58. The molecule has 3 rings (SSSR count). The van der Waals surface area contributed by atoms with Crippen molar-refractivity contribution in [1.82, 2.24) is 4.57 Å². The molecule has 2 aromatic rings. The summed E-state index contributed by atoms with van der Waals surface area (Å²) >= 11 is 0. The van der Waals surface area contributed by atoms with Gasteiger partial charge in [-0.05, 0) is 12.5 Å². The van der Waals surface area contributed by atoms with Gasteiger partial charge in [-0.2, -0.15) is 0 Å². The number of aromatic nitrogens is 1. The van der Waals surface area contributed by atoms with Crippen LogP contribution in [0.4, 0.5) is 5.69 Å². The molecular weight excluding hydrogens is 188 g/mol. The molecule has 1 aliphatic rings. The van der Waals surface area contributed by atoms with Crippen molar-refractivity contribution in [3.8, 4) is 0 Å². The van der Waals surface area contributed by atoms with Crippen LogP contribution in [-0.2, 0) is 13.5 Å². The predicted octanol–water partition coefficient (Wildman–Crippen LogP) is 1.51. The van der Waals surface area contributed by atoms with Crippen LogP contribution in [0.25, 0.3) is 10.9 Å². The number of aryl methyl sites for hydroxylation is 1.